The van der Waals surface area contributed by atoms with Gasteiger partial charge in [0.1, 0.15) is 19.0 Å². The SMILES string of the molecule is CC(=O)c1ccccc1OCCOC(=O)c1ccc2c(c1Cl)C(=O)c1ccccc1C2=O. The van der Waals surface area contributed by atoms with Crippen LogP contribution in [-0.4, -0.2) is 36.5 Å². The molecule has 1 aliphatic rings. The van der Waals surface area contributed by atoms with E-state index in [1.54, 1.807) is 48.5 Å². The highest BCUT2D eigenvalue weighted by atomic mass is 35.5. The molecule has 0 radical (unpaired) electrons. The van der Waals surface area contributed by atoms with E-state index < -0.39 is 11.8 Å². The first-order valence-electron chi connectivity index (χ1n) is 9.81. The Morgan fingerprint density at radius 2 is 1.44 bits per heavy atom. The lowest BCUT2D eigenvalue weighted by Crippen LogP contribution is -2.22. The number of rotatable bonds is 6. The van der Waals surface area contributed by atoms with Gasteiger partial charge in [-0.2, -0.15) is 0 Å². The van der Waals surface area contributed by atoms with E-state index in [-0.39, 0.29) is 52.1 Å². The molecule has 0 fully saturated rings. The van der Waals surface area contributed by atoms with Crippen LogP contribution >= 0.6 is 11.6 Å². The Hall–Kier alpha value is -3.77. The van der Waals surface area contributed by atoms with Crippen molar-refractivity contribution >= 4 is 34.9 Å². The van der Waals surface area contributed by atoms with Gasteiger partial charge in [-0.05, 0) is 31.2 Å². The second-order valence-corrected chi connectivity index (χ2v) is 7.47. The molecule has 0 amide bonds. The number of Topliss-reactive ketones (excluding diaryl/α,β-unsaturated/α-hetero) is 1. The number of ether oxygens (including phenoxy) is 2. The summed E-state index contributed by atoms with van der Waals surface area (Å²) in [5.74, 6) is -1.24. The largest absolute Gasteiger partial charge is 0.489 e. The lowest BCUT2D eigenvalue weighted by molar-refractivity contribution is 0.0449. The summed E-state index contributed by atoms with van der Waals surface area (Å²) < 4.78 is 10.8. The first-order chi connectivity index (χ1) is 15.4. The molecule has 0 unspecified atom stereocenters. The van der Waals surface area contributed by atoms with Crippen LogP contribution in [0.2, 0.25) is 5.02 Å². The zero-order valence-corrected chi connectivity index (χ0v) is 17.8. The van der Waals surface area contributed by atoms with Crippen LogP contribution in [-0.2, 0) is 4.74 Å². The zero-order chi connectivity index (χ0) is 22.8. The fourth-order valence-electron chi connectivity index (χ4n) is 3.55. The van der Waals surface area contributed by atoms with Gasteiger partial charge in [-0.25, -0.2) is 4.79 Å². The second-order valence-electron chi connectivity index (χ2n) is 7.09. The van der Waals surface area contributed by atoms with Crippen molar-refractivity contribution in [1.29, 1.82) is 0 Å². The summed E-state index contributed by atoms with van der Waals surface area (Å²) in [5, 5.41) is -0.122. The Kier molecular flexibility index (Phi) is 5.88. The average Bonchev–Trinajstić information content (AvgIpc) is 2.80. The molecule has 7 heteroatoms. The number of ketones is 3. The first kappa shape index (κ1) is 21.5. The molecule has 0 aromatic heterocycles. The lowest BCUT2D eigenvalue weighted by atomic mass is 9.83. The average molecular weight is 449 g/mol. The first-order valence-corrected chi connectivity index (χ1v) is 10.2. The summed E-state index contributed by atoms with van der Waals surface area (Å²) in [7, 11) is 0. The maximum Gasteiger partial charge on any atom is 0.339 e. The molecule has 0 saturated carbocycles. The van der Waals surface area contributed by atoms with Crippen molar-refractivity contribution in [2.75, 3.05) is 13.2 Å². The molecule has 0 aliphatic heterocycles. The van der Waals surface area contributed by atoms with Crippen molar-refractivity contribution in [2.45, 2.75) is 6.92 Å². The van der Waals surface area contributed by atoms with Crippen LogP contribution in [0.5, 0.6) is 5.75 Å². The molecule has 3 aromatic rings. The molecule has 0 bridgehead atoms. The van der Waals surface area contributed by atoms with Gasteiger partial charge in [-0.3, -0.25) is 14.4 Å². The maximum absolute atomic E-state index is 12.9. The smallest absolute Gasteiger partial charge is 0.339 e. The Morgan fingerprint density at radius 3 is 2.16 bits per heavy atom. The molecule has 0 heterocycles. The molecule has 1 aliphatic carbocycles. The van der Waals surface area contributed by atoms with E-state index in [1.807, 2.05) is 0 Å². The van der Waals surface area contributed by atoms with Crippen LogP contribution in [0.1, 0.15) is 59.5 Å². The van der Waals surface area contributed by atoms with Gasteiger partial charge in [-0.15, -0.1) is 0 Å². The normalized spacial score (nSPS) is 12.1. The summed E-state index contributed by atoms with van der Waals surface area (Å²) in [5.41, 5.74) is 1.11. The van der Waals surface area contributed by atoms with Crippen LogP contribution in [0.4, 0.5) is 0 Å². The number of benzene rings is 3. The van der Waals surface area contributed by atoms with Gasteiger partial charge in [0.05, 0.1) is 21.7 Å². The summed E-state index contributed by atoms with van der Waals surface area (Å²) in [6.45, 7) is 1.35. The number of halogens is 1. The minimum atomic E-state index is -0.750. The molecule has 160 valence electrons. The van der Waals surface area contributed by atoms with Crippen molar-refractivity contribution in [2.24, 2.45) is 0 Å². The Bertz CT molecular complexity index is 1280. The van der Waals surface area contributed by atoms with Gasteiger partial charge in [0.25, 0.3) is 0 Å². The number of para-hydroxylation sites is 1. The van der Waals surface area contributed by atoms with E-state index in [9.17, 15) is 19.2 Å². The second kappa shape index (κ2) is 8.77. The van der Waals surface area contributed by atoms with E-state index in [0.717, 1.165) is 0 Å². The third kappa shape index (κ3) is 3.81. The molecular formula is C25H17ClO6. The summed E-state index contributed by atoms with van der Waals surface area (Å²) in [4.78, 5) is 49.9. The molecule has 0 saturated heterocycles. The standard InChI is InChI=1S/C25H17ClO6/c1-14(27)15-6-4-5-9-20(15)31-12-13-32-25(30)19-11-10-18-21(22(19)26)24(29)17-8-3-2-7-16(17)23(18)28/h2-11H,12-13H2,1H3. The third-order valence-corrected chi connectivity index (χ3v) is 5.48. The quantitative estimate of drug-likeness (QED) is 0.244. The van der Waals surface area contributed by atoms with Crippen LogP contribution < -0.4 is 4.74 Å². The molecule has 6 nitrogen and oxygen atoms in total. The van der Waals surface area contributed by atoms with Gasteiger partial charge < -0.3 is 9.47 Å². The number of carbonyl (C=O) groups is 4. The van der Waals surface area contributed by atoms with Gasteiger partial charge in [0, 0.05) is 16.7 Å². The van der Waals surface area contributed by atoms with Crippen molar-refractivity contribution in [3.8, 4) is 5.75 Å². The highest BCUT2D eigenvalue weighted by Gasteiger charge is 2.33. The van der Waals surface area contributed by atoms with E-state index >= 15 is 0 Å². The minimum absolute atomic E-state index is 0.00328. The van der Waals surface area contributed by atoms with E-state index in [0.29, 0.717) is 16.9 Å². The summed E-state index contributed by atoms with van der Waals surface area (Å²) >= 11 is 6.37. The Balaban J connectivity index is 1.48. The molecule has 4 rings (SSSR count). The van der Waals surface area contributed by atoms with E-state index in [1.165, 1.54) is 19.1 Å². The monoisotopic (exact) mass is 448 g/mol. The highest BCUT2D eigenvalue weighted by Crippen LogP contribution is 2.34. The van der Waals surface area contributed by atoms with Crippen LogP contribution in [0.25, 0.3) is 0 Å². The predicted octanol–water partition coefficient (Wildman–Crippen LogP) is 4.55. The fraction of sp³-hybridized carbons (Fsp3) is 0.120. The number of hydrogen-bond acceptors (Lipinski definition) is 6. The molecule has 0 atom stereocenters. The number of hydrogen-bond donors (Lipinski definition) is 0. The molecule has 0 spiro atoms. The fourth-order valence-corrected chi connectivity index (χ4v) is 3.88. The molecular weight excluding hydrogens is 432 g/mol. The van der Waals surface area contributed by atoms with Gasteiger partial charge >= 0.3 is 5.97 Å². The number of fused-ring (bicyclic) bond motifs is 2. The summed E-state index contributed by atoms with van der Waals surface area (Å²) in [6.07, 6.45) is 0. The minimum Gasteiger partial charge on any atom is -0.489 e. The van der Waals surface area contributed by atoms with Crippen molar-refractivity contribution in [1.82, 2.24) is 0 Å². The zero-order valence-electron chi connectivity index (χ0n) is 17.0. The Morgan fingerprint density at radius 1 is 0.781 bits per heavy atom. The molecule has 32 heavy (non-hydrogen) atoms. The molecule has 0 N–H and O–H groups in total. The van der Waals surface area contributed by atoms with Gasteiger partial charge in [0.15, 0.2) is 17.3 Å². The van der Waals surface area contributed by atoms with Crippen LogP contribution in [0.15, 0.2) is 60.7 Å². The van der Waals surface area contributed by atoms with Crippen LogP contribution in [0.3, 0.4) is 0 Å². The maximum atomic E-state index is 12.9. The topological polar surface area (TPSA) is 86.7 Å². The number of esters is 1. The van der Waals surface area contributed by atoms with Crippen molar-refractivity contribution in [3.05, 3.63) is 99.1 Å². The van der Waals surface area contributed by atoms with E-state index in [2.05, 4.69) is 0 Å². The highest BCUT2D eigenvalue weighted by molar-refractivity contribution is 6.41. The lowest BCUT2D eigenvalue weighted by Gasteiger charge is -2.19. The van der Waals surface area contributed by atoms with E-state index in [4.69, 9.17) is 21.1 Å². The summed E-state index contributed by atoms with van der Waals surface area (Å²) in [6, 6.07) is 16.0. The van der Waals surface area contributed by atoms with Gasteiger partial charge in [0.2, 0.25) is 0 Å². The van der Waals surface area contributed by atoms with Crippen molar-refractivity contribution < 1.29 is 28.7 Å². The molecule has 3 aromatic carbocycles. The Labute approximate surface area is 188 Å². The predicted molar refractivity (Wildman–Crippen MR) is 117 cm³/mol. The van der Waals surface area contributed by atoms with Gasteiger partial charge in [-0.1, -0.05) is 48.0 Å². The third-order valence-electron chi connectivity index (χ3n) is 5.09. The number of carbonyl (C=O) groups excluding carboxylic acids is 4. The van der Waals surface area contributed by atoms with Crippen molar-refractivity contribution in [3.63, 3.8) is 0 Å². The van der Waals surface area contributed by atoms with Crippen LogP contribution in [0, 0.1) is 0 Å².